The summed E-state index contributed by atoms with van der Waals surface area (Å²) >= 11 is 0. The maximum absolute atomic E-state index is 12.6. The van der Waals surface area contributed by atoms with E-state index in [0.29, 0.717) is 31.8 Å². The SMILES string of the molecule is COc1nn(C)c2nc(C)c(CCC(=O)N3C[C@@H](C)[C@H](C(=O)O)C3)c(C)c12. The van der Waals surface area contributed by atoms with E-state index in [1.807, 2.05) is 27.8 Å². The monoisotopic (exact) mass is 374 g/mol. The molecule has 1 aliphatic heterocycles. The van der Waals surface area contributed by atoms with Crippen LogP contribution in [0.25, 0.3) is 11.0 Å². The molecule has 1 fully saturated rings. The van der Waals surface area contributed by atoms with Crippen LogP contribution < -0.4 is 4.74 Å². The number of hydrogen-bond acceptors (Lipinski definition) is 5. The van der Waals surface area contributed by atoms with Gasteiger partial charge in [-0.05, 0) is 37.3 Å². The molecular weight excluding hydrogens is 348 g/mol. The van der Waals surface area contributed by atoms with Gasteiger partial charge >= 0.3 is 5.97 Å². The second kappa shape index (κ2) is 7.17. The lowest BCUT2D eigenvalue weighted by atomic mass is 9.99. The Hall–Kier alpha value is -2.64. The summed E-state index contributed by atoms with van der Waals surface area (Å²) < 4.78 is 7.07. The number of carboxylic acids is 1. The summed E-state index contributed by atoms with van der Waals surface area (Å²) in [6, 6.07) is 0. The summed E-state index contributed by atoms with van der Waals surface area (Å²) in [5.41, 5.74) is 3.67. The highest BCUT2D eigenvalue weighted by molar-refractivity contribution is 5.86. The van der Waals surface area contributed by atoms with Crippen LogP contribution in [-0.4, -0.2) is 56.8 Å². The third-order valence-electron chi connectivity index (χ3n) is 5.59. The molecule has 1 amide bonds. The molecule has 8 nitrogen and oxygen atoms in total. The molecule has 0 spiro atoms. The fraction of sp³-hybridized carbons (Fsp3) is 0.579. The van der Waals surface area contributed by atoms with Crippen molar-refractivity contribution in [1.29, 1.82) is 0 Å². The van der Waals surface area contributed by atoms with Crippen molar-refractivity contribution in [3.63, 3.8) is 0 Å². The summed E-state index contributed by atoms with van der Waals surface area (Å²) in [5.74, 6) is -0.809. The first-order valence-corrected chi connectivity index (χ1v) is 9.11. The second-order valence-electron chi connectivity index (χ2n) is 7.35. The lowest BCUT2D eigenvalue weighted by molar-refractivity contribution is -0.142. The molecule has 2 aromatic heterocycles. The van der Waals surface area contributed by atoms with E-state index in [1.54, 1.807) is 16.7 Å². The van der Waals surface area contributed by atoms with E-state index < -0.39 is 11.9 Å². The first-order valence-electron chi connectivity index (χ1n) is 9.11. The summed E-state index contributed by atoms with van der Waals surface area (Å²) in [5, 5.41) is 14.5. The van der Waals surface area contributed by atoms with Crippen LogP contribution in [0.3, 0.4) is 0 Å². The molecule has 0 unspecified atom stereocenters. The molecule has 2 atom stereocenters. The van der Waals surface area contributed by atoms with Gasteiger partial charge < -0.3 is 14.7 Å². The topological polar surface area (TPSA) is 97.5 Å². The van der Waals surface area contributed by atoms with Gasteiger partial charge in [0.1, 0.15) is 0 Å². The van der Waals surface area contributed by atoms with E-state index in [2.05, 4.69) is 10.1 Å². The van der Waals surface area contributed by atoms with Gasteiger partial charge in [0, 0.05) is 32.3 Å². The number of carbonyl (C=O) groups is 2. The van der Waals surface area contributed by atoms with Crippen LogP contribution in [-0.2, 0) is 23.1 Å². The number of carbonyl (C=O) groups excluding carboxylic acids is 1. The Bertz CT molecular complexity index is 905. The van der Waals surface area contributed by atoms with E-state index in [1.165, 1.54) is 0 Å². The number of amides is 1. The molecule has 3 heterocycles. The zero-order valence-corrected chi connectivity index (χ0v) is 16.4. The molecule has 27 heavy (non-hydrogen) atoms. The van der Waals surface area contributed by atoms with Crippen molar-refractivity contribution in [2.75, 3.05) is 20.2 Å². The Morgan fingerprint density at radius 3 is 2.59 bits per heavy atom. The van der Waals surface area contributed by atoms with Gasteiger partial charge in [-0.1, -0.05) is 6.92 Å². The molecule has 0 bridgehead atoms. The average molecular weight is 374 g/mol. The van der Waals surface area contributed by atoms with E-state index in [9.17, 15) is 14.7 Å². The minimum absolute atomic E-state index is 0.0114. The number of hydrogen-bond donors (Lipinski definition) is 1. The molecule has 0 aromatic carbocycles. The number of pyridine rings is 1. The van der Waals surface area contributed by atoms with Crippen LogP contribution in [0.15, 0.2) is 0 Å². The van der Waals surface area contributed by atoms with Crippen LogP contribution in [0.5, 0.6) is 5.88 Å². The van der Waals surface area contributed by atoms with Gasteiger partial charge in [0.25, 0.3) is 0 Å². The second-order valence-corrected chi connectivity index (χ2v) is 7.35. The van der Waals surface area contributed by atoms with Gasteiger partial charge in [-0.15, -0.1) is 5.10 Å². The number of ether oxygens (including phenoxy) is 1. The van der Waals surface area contributed by atoms with Gasteiger partial charge in [-0.25, -0.2) is 9.67 Å². The van der Waals surface area contributed by atoms with Crippen molar-refractivity contribution in [3.8, 4) is 5.88 Å². The number of fused-ring (bicyclic) bond motifs is 1. The van der Waals surface area contributed by atoms with E-state index in [-0.39, 0.29) is 11.8 Å². The van der Waals surface area contributed by atoms with Gasteiger partial charge in [-0.2, -0.15) is 0 Å². The third-order valence-corrected chi connectivity index (χ3v) is 5.59. The maximum atomic E-state index is 12.6. The van der Waals surface area contributed by atoms with E-state index in [0.717, 1.165) is 27.9 Å². The molecule has 0 aliphatic carbocycles. The quantitative estimate of drug-likeness (QED) is 0.856. The van der Waals surface area contributed by atoms with Crippen molar-refractivity contribution in [2.24, 2.45) is 18.9 Å². The summed E-state index contributed by atoms with van der Waals surface area (Å²) in [4.78, 5) is 30.2. The van der Waals surface area contributed by atoms with Crippen LogP contribution in [0.1, 0.15) is 30.2 Å². The van der Waals surface area contributed by atoms with E-state index >= 15 is 0 Å². The van der Waals surface area contributed by atoms with E-state index in [4.69, 9.17) is 4.74 Å². The van der Waals surface area contributed by atoms with Gasteiger partial charge in [0.05, 0.1) is 18.4 Å². The Balaban J connectivity index is 1.79. The molecule has 1 aliphatic rings. The molecule has 146 valence electrons. The molecule has 8 heteroatoms. The number of likely N-dealkylation sites (tertiary alicyclic amines) is 1. The number of rotatable bonds is 5. The number of aryl methyl sites for hydroxylation is 3. The maximum Gasteiger partial charge on any atom is 0.308 e. The molecule has 2 aromatic rings. The zero-order chi connectivity index (χ0) is 19.9. The molecule has 0 radical (unpaired) electrons. The third kappa shape index (κ3) is 3.36. The van der Waals surface area contributed by atoms with Crippen LogP contribution in [0.2, 0.25) is 0 Å². The number of methoxy groups -OCH3 is 1. The summed E-state index contributed by atoms with van der Waals surface area (Å²) in [7, 11) is 3.41. The highest BCUT2D eigenvalue weighted by atomic mass is 16.5. The Labute approximate surface area is 158 Å². The lowest BCUT2D eigenvalue weighted by Gasteiger charge is -2.17. The summed E-state index contributed by atoms with van der Waals surface area (Å²) in [6.07, 6.45) is 0.886. The van der Waals surface area contributed by atoms with Crippen LogP contribution in [0.4, 0.5) is 0 Å². The molecular formula is C19H26N4O4. The fourth-order valence-electron chi connectivity index (χ4n) is 3.99. The normalized spacial score (nSPS) is 19.7. The molecule has 3 rings (SSSR count). The smallest absolute Gasteiger partial charge is 0.308 e. The highest BCUT2D eigenvalue weighted by Gasteiger charge is 2.36. The van der Waals surface area contributed by atoms with Crippen molar-refractivity contribution in [1.82, 2.24) is 19.7 Å². The number of aromatic nitrogens is 3. The lowest BCUT2D eigenvalue weighted by Crippen LogP contribution is -2.30. The Morgan fingerprint density at radius 1 is 1.30 bits per heavy atom. The minimum Gasteiger partial charge on any atom is -0.481 e. The Kier molecular flexibility index (Phi) is 5.08. The zero-order valence-electron chi connectivity index (χ0n) is 16.4. The standard InChI is InChI=1S/C19H26N4O4/c1-10-8-23(9-14(10)19(25)26)15(24)7-6-13-11(2)16-17(20-12(13)3)22(4)21-18(16)27-5/h10,14H,6-9H2,1-5H3,(H,25,26)/t10-,14-/m1/s1. The fourth-order valence-corrected chi connectivity index (χ4v) is 3.99. The molecule has 0 saturated carbocycles. The van der Waals surface area contributed by atoms with Gasteiger partial charge in [0.2, 0.25) is 11.8 Å². The van der Waals surface area contributed by atoms with Crippen molar-refractivity contribution in [3.05, 3.63) is 16.8 Å². The van der Waals surface area contributed by atoms with Gasteiger partial charge in [-0.3, -0.25) is 9.59 Å². The largest absolute Gasteiger partial charge is 0.481 e. The van der Waals surface area contributed by atoms with Crippen molar-refractivity contribution < 1.29 is 19.4 Å². The average Bonchev–Trinajstić information content (AvgIpc) is 3.15. The van der Waals surface area contributed by atoms with Crippen LogP contribution in [0, 0.1) is 25.7 Å². The number of nitrogens with zero attached hydrogens (tertiary/aromatic N) is 4. The number of aliphatic carboxylic acids is 1. The molecule has 1 N–H and O–H groups in total. The predicted molar refractivity (Wildman–Crippen MR) is 99.7 cm³/mol. The summed E-state index contributed by atoms with van der Waals surface area (Å²) in [6.45, 7) is 6.61. The molecule has 1 saturated heterocycles. The first kappa shape index (κ1) is 19.1. The number of carboxylic acid groups (broad SMARTS) is 1. The van der Waals surface area contributed by atoms with Gasteiger partial charge in [0.15, 0.2) is 5.65 Å². The minimum atomic E-state index is -0.831. The van der Waals surface area contributed by atoms with Crippen molar-refractivity contribution >= 4 is 22.9 Å². The van der Waals surface area contributed by atoms with Crippen LogP contribution >= 0.6 is 0 Å². The highest BCUT2D eigenvalue weighted by Crippen LogP contribution is 2.31. The Morgan fingerprint density at radius 2 is 2.00 bits per heavy atom. The first-order chi connectivity index (χ1) is 12.7. The predicted octanol–water partition coefficient (Wildman–Crippen LogP) is 1.71. The van der Waals surface area contributed by atoms with Crippen molar-refractivity contribution in [2.45, 2.75) is 33.6 Å².